The fraction of sp³-hybridized carbons (Fsp3) is 0.867. The number of fused-ring (bicyclic) bond motifs is 1. The summed E-state index contributed by atoms with van der Waals surface area (Å²) in [6.07, 6.45) is 5.93. The normalized spacial score (nSPS) is 26.0. The summed E-state index contributed by atoms with van der Waals surface area (Å²) in [6.45, 7) is 4.73. The molecule has 0 aromatic rings. The molecule has 2 amide bonds. The predicted octanol–water partition coefficient (Wildman–Crippen LogP) is 1.30. The molecule has 21 heavy (non-hydrogen) atoms. The van der Waals surface area contributed by atoms with Crippen molar-refractivity contribution < 1.29 is 9.59 Å². The molecule has 1 aliphatic carbocycles. The van der Waals surface area contributed by atoms with E-state index in [0.29, 0.717) is 12.0 Å². The molecule has 0 bridgehead atoms. The highest BCUT2D eigenvalue weighted by Crippen LogP contribution is 2.36. The largest absolute Gasteiger partial charge is 0.346 e. The summed E-state index contributed by atoms with van der Waals surface area (Å²) in [7, 11) is 0. The molecule has 2 rings (SSSR count). The van der Waals surface area contributed by atoms with Crippen LogP contribution in [0.15, 0.2) is 0 Å². The van der Waals surface area contributed by atoms with Crippen molar-refractivity contribution >= 4 is 24.2 Å². The molecule has 1 saturated heterocycles. The van der Waals surface area contributed by atoms with Crippen LogP contribution in [0.5, 0.6) is 0 Å². The van der Waals surface area contributed by atoms with Crippen molar-refractivity contribution in [3.8, 4) is 0 Å². The molecule has 3 atom stereocenters. The van der Waals surface area contributed by atoms with E-state index in [2.05, 4.69) is 5.32 Å². The molecule has 0 radical (unpaired) electrons. The van der Waals surface area contributed by atoms with Gasteiger partial charge in [-0.3, -0.25) is 9.59 Å². The predicted molar refractivity (Wildman–Crippen MR) is 85.1 cm³/mol. The Labute approximate surface area is 133 Å². The Morgan fingerprint density at radius 1 is 1.24 bits per heavy atom. The van der Waals surface area contributed by atoms with Gasteiger partial charge in [0.25, 0.3) is 0 Å². The van der Waals surface area contributed by atoms with Gasteiger partial charge in [-0.1, -0.05) is 20.3 Å². The van der Waals surface area contributed by atoms with E-state index in [1.165, 1.54) is 19.3 Å². The molecule has 6 heteroatoms. The molecule has 0 aromatic carbocycles. The zero-order valence-electron chi connectivity index (χ0n) is 13.0. The van der Waals surface area contributed by atoms with Crippen molar-refractivity contribution in [2.24, 2.45) is 17.6 Å². The van der Waals surface area contributed by atoms with Gasteiger partial charge < -0.3 is 16.0 Å². The van der Waals surface area contributed by atoms with E-state index < -0.39 is 6.04 Å². The van der Waals surface area contributed by atoms with E-state index in [1.54, 1.807) is 0 Å². The van der Waals surface area contributed by atoms with Gasteiger partial charge in [0, 0.05) is 12.6 Å². The Bertz CT molecular complexity index is 376. The summed E-state index contributed by atoms with van der Waals surface area (Å²) in [4.78, 5) is 26.1. The number of amides is 2. The smallest absolute Gasteiger partial charge is 0.242 e. The number of nitrogens with two attached hydrogens (primary N) is 1. The molecule has 2 fully saturated rings. The maximum Gasteiger partial charge on any atom is 0.242 e. The van der Waals surface area contributed by atoms with Crippen molar-refractivity contribution in [1.29, 1.82) is 0 Å². The molecular formula is C15H28ClN3O2. The first kappa shape index (κ1) is 18.2. The van der Waals surface area contributed by atoms with Crippen molar-refractivity contribution in [2.45, 2.75) is 58.0 Å². The highest BCUT2D eigenvalue weighted by molar-refractivity contribution is 5.87. The molecule has 122 valence electrons. The van der Waals surface area contributed by atoms with Crippen molar-refractivity contribution in [3.63, 3.8) is 0 Å². The number of nitrogens with zero attached hydrogens (tertiary/aromatic N) is 1. The number of piperidine rings is 1. The third-order valence-corrected chi connectivity index (χ3v) is 4.75. The zero-order valence-corrected chi connectivity index (χ0v) is 13.8. The summed E-state index contributed by atoms with van der Waals surface area (Å²) in [5.41, 5.74) is 5.77. The molecule has 1 aliphatic heterocycles. The van der Waals surface area contributed by atoms with E-state index >= 15 is 0 Å². The number of hydrogen-bond donors (Lipinski definition) is 2. The SMILES string of the molecule is CC(C)[C@H](N)C(=O)NCC(=O)N1CCCC2CCCC21.Cl. The Morgan fingerprint density at radius 3 is 2.57 bits per heavy atom. The minimum absolute atomic E-state index is 0. The Hall–Kier alpha value is -0.810. The third-order valence-electron chi connectivity index (χ3n) is 4.75. The summed E-state index contributed by atoms with van der Waals surface area (Å²) in [5.74, 6) is 0.583. The molecule has 5 nitrogen and oxygen atoms in total. The van der Waals surface area contributed by atoms with Crippen LogP contribution < -0.4 is 11.1 Å². The lowest BCUT2D eigenvalue weighted by atomic mass is 9.92. The summed E-state index contributed by atoms with van der Waals surface area (Å²) < 4.78 is 0. The Kier molecular flexibility index (Phi) is 6.94. The van der Waals surface area contributed by atoms with Crippen molar-refractivity contribution in [2.75, 3.05) is 13.1 Å². The van der Waals surface area contributed by atoms with Gasteiger partial charge in [-0.25, -0.2) is 0 Å². The number of likely N-dealkylation sites (tertiary alicyclic amines) is 1. The molecule has 1 heterocycles. The number of carbonyl (C=O) groups excluding carboxylic acids is 2. The van der Waals surface area contributed by atoms with Crippen LogP contribution in [-0.4, -0.2) is 41.9 Å². The van der Waals surface area contributed by atoms with Crippen molar-refractivity contribution in [3.05, 3.63) is 0 Å². The minimum atomic E-state index is -0.539. The second-order valence-electron chi connectivity index (χ2n) is 6.48. The van der Waals surface area contributed by atoms with E-state index in [1.807, 2.05) is 18.7 Å². The van der Waals surface area contributed by atoms with Gasteiger partial charge in [0.05, 0.1) is 12.6 Å². The molecule has 2 unspecified atom stereocenters. The molecule has 2 aliphatic rings. The first-order chi connectivity index (χ1) is 9.50. The lowest BCUT2D eigenvalue weighted by Gasteiger charge is -2.38. The molecule has 1 saturated carbocycles. The second-order valence-corrected chi connectivity index (χ2v) is 6.48. The first-order valence-electron chi connectivity index (χ1n) is 7.83. The van der Waals surface area contributed by atoms with Crippen LogP contribution in [0, 0.1) is 11.8 Å². The van der Waals surface area contributed by atoms with Gasteiger partial charge in [0.15, 0.2) is 0 Å². The number of rotatable bonds is 4. The van der Waals surface area contributed by atoms with Gasteiger partial charge in [-0.15, -0.1) is 12.4 Å². The standard InChI is InChI=1S/C15H27N3O2.ClH/c1-10(2)14(16)15(20)17-9-13(19)18-8-4-6-11-5-3-7-12(11)18;/h10-12,14H,3-9,16H2,1-2H3,(H,17,20);1H/t11?,12?,14-;/m0./s1. The van der Waals surface area contributed by atoms with Crippen LogP contribution in [0.1, 0.15) is 46.0 Å². The lowest BCUT2D eigenvalue weighted by Crippen LogP contribution is -2.52. The summed E-state index contributed by atoms with van der Waals surface area (Å²) in [5, 5.41) is 2.69. The first-order valence-corrected chi connectivity index (χ1v) is 7.83. The van der Waals surface area contributed by atoms with Crippen LogP contribution in [-0.2, 0) is 9.59 Å². The maximum absolute atomic E-state index is 12.3. The Balaban J connectivity index is 0.00000220. The van der Waals surface area contributed by atoms with E-state index in [9.17, 15) is 9.59 Å². The number of carbonyl (C=O) groups is 2. The van der Waals surface area contributed by atoms with Gasteiger partial charge in [0.1, 0.15) is 0 Å². The van der Waals surface area contributed by atoms with Gasteiger partial charge in [-0.05, 0) is 37.5 Å². The lowest BCUT2D eigenvalue weighted by molar-refractivity contribution is -0.137. The van der Waals surface area contributed by atoms with Crippen LogP contribution in [0.4, 0.5) is 0 Å². The van der Waals surface area contributed by atoms with E-state index in [0.717, 1.165) is 19.4 Å². The van der Waals surface area contributed by atoms with Crippen LogP contribution >= 0.6 is 12.4 Å². The Morgan fingerprint density at radius 2 is 1.90 bits per heavy atom. The second kappa shape index (κ2) is 7.99. The molecule has 0 spiro atoms. The summed E-state index contributed by atoms with van der Waals surface area (Å²) >= 11 is 0. The van der Waals surface area contributed by atoms with E-state index in [-0.39, 0.29) is 36.7 Å². The van der Waals surface area contributed by atoms with E-state index in [4.69, 9.17) is 5.73 Å². The maximum atomic E-state index is 12.3. The number of hydrogen-bond acceptors (Lipinski definition) is 3. The fourth-order valence-electron chi connectivity index (χ4n) is 3.45. The summed E-state index contributed by atoms with van der Waals surface area (Å²) in [6, 6.07) is -0.129. The highest BCUT2D eigenvalue weighted by Gasteiger charge is 2.37. The topological polar surface area (TPSA) is 75.4 Å². The average molecular weight is 318 g/mol. The van der Waals surface area contributed by atoms with Crippen LogP contribution in [0.2, 0.25) is 0 Å². The van der Waals surface area contributed by atoms with Gasteiger partial charge in [-0.2, -0.15) is 0 Å². The van der Waals surface area contributed by atoms with Gasteiger partial charge >= 0.3 is 0 Å². The van der Waals surface area contributed by atoms with Crippen molar-refractivity contribution in [1.82, 2.24) is 10.2 Å². The molecule has 0 aromatic heterocycles. The van der Waals surface area contributed by atoms with Crippen LogP contribution in [0.25, 0.3) is 0 Å². The quantitative estimate of drug-likeness (QED) is 0.820. The number of halogens is 1. The average Bonchev–Trinajstić information content (AvgIpc) is 2.91. The zero-order chi connectivity index (χ0) is 14.7. The third kappa shape index (κ3) is 4.33. The monoisotopic (exact) mass is 317 g/mol. The molecular weight excluding hydrogens is 290 g/mol. The molecule has 3 N–H and O–H groups in total. The minimum Gasteiger partial charge on any atom is -0.346 e. The fourth-order valence-corrected chi connectivity index (χ4v) is 3.45. The highest BCUT2D eigenvalue weighted by atomic mass is 35.5. The van der Waals surface area contributed by atoms with Gasteiger partial charge in [0.2, 0.25) is 11.8 Å². The van der Waals surface area contributed by atoms with Crippen LogP contribution in [0.3, 0.4) is 0 Å². The number of nitrogens with one attached hydrogen (secondary N) is 1.